The summed E-state index contributed by atoms with van der Waals surface area (Å²) < 4.78 is 0. The second kappa shape index (κ2) is 4.36. The molecule has 0 spiro atoms. The maximum absolute atomic E-state index is 12.1. The Kier molecular flexibility index (Phi) is 3.11. The smallest absolute Gasteiger partial charge is 0.166 e. The first-order valence-corrected chi connectivity index (χ1v) is 5.84. The van der Waals surface area contributed by atoms with Crippen molar-refractivity contribution in [2.45, 2.75) is 26.2 Å². The molecule has 1 aliphatic carbocycles. The summed E-state index contributed by atoms with van der Waals surface area (Å²) in [6, 6.07) is 7.27. The normalized spacial score (nSPS) is 25.5. The second-order valence-corrected chi connectivity index (χ2v) is 4.93. The first-order chi connectivity index (χ1) is 7.16. The number of benzene rings is 1. The molecule has 2 heteroatoms. The van der Waals surface area contributed by atoms with Crippen LogP contribution in [0.5, 0.6) is 0 Å². The van der Waals surface area contributed by atoms with Crippen molar-refractivity contribution in [3.63, 3.8) is 0 Å². The maximum atomic E-state index is 12.1. The van der Waals surface area contributed by atoms with E-state index in [9.17, 15) is 4.79 Å². The monoisotopic (exact) mass is 222 g/mol. The van der Waals surface area contributed by atoms with Gasteiger partial charge in [0.2, 0.25) is 0 Å². The van der Waals surface area contributed by atoms with Crippen LogP contribution in [0, 0.1) is 11.8 Å². The molecule has 15 heavy (non-hydrogen) atoms. The predicted octanol–water partition coefficient (Wildman–Crippen LogP) is 3.96. The molecular weight excluding hydrogens is 208 g/mol. The third kappa shape index (κ3) is 2.40. The highest BCUT2D eigenvalue weighted by Crippen LogP contribution is 2.32. The van der Waals surface area contributed by atoms with Crippen molar-refractivity contribution in [2.24, 2.45) is 11.8 Å². The summed E-state index contributed by atoms with van der Waals surface area (Å²) in [4.78, 5) is 12.1. The molecule has 2 rings (SSSR count). The van der Waals surface area contributed by atoms with Gasteiger partial charge in [0, 0.05) is 16.5 Å². The third-order valence-electron chi connectivity index (χ3n) is 3.17. The van der Waals surface area contributed by atoms with Crippen LogP contribution in [0.1, 0.15) is 36.5 Å². The van der Waals surface area contributed by atoms with E-state index in [0.29, 0.717) is 10.9 Å². The Morgan fingerprint density at radius 2 is 2.20 bits per heavy atom. The number of carbonyl (C=O) groups is 1. The third-order valence-corrected chi connectivity index (χ3v) is 3.41. The van der Waals surface area contributed by atoms with E-state index >= 15 is 0 Å². The van der Waals surface area contributed by atoms with Crippen LogP contribution >= 0.6 is 11.6 Å². The largest absolute Gasteiger partial charge is 0.294 e. The molecule has 1 fully saturated rings. The van der Waals surface area contributed by atoms with Gasteiger partial charge in [0.15, 0.2) is 5.78 Å². The van der Waals surface area contributed by atoms with Gasteiger partial charge in [-0.05, 0) is 37.3 Å². The topological polar surface area (TPSA) is 17.1 Å². The zero-order valence-corrected chi connectivity index (χ0v) is 9.63. The molecule has 1 saturated carbocycles. The number of hydrogen-bond donors (Lipinski definition) is 0. The minimum atomic E-state index is 0.221. The number of carbonyl (C=O) groups excluding carboxylic acids is 1. The average molecular weight is 223 g/mol. The zero-order chi connectivity index (χ0) is 10.8. The fourth-order valence-corrected chi connectivity index (χ4v) is 2.51. The fourth-order valence-electron chi connectivity index (χ4n) is 2.32. The van der Waals surface area contributed by atoms with Gasteiger partial charge >= 0.3 is 0 Å². The Labute approximate surface area is 95.4 Å². The van der Waals surface area contributed by atoms with Crippen LogP contribution < -0.4 is 0 Å². The minimum absolute atomic E-state index is 0.221. The summed E-state index contributed by atoms with van der Waals surface area (Å²) in [5.74, 6) is 1.18. The summed E-state index contributed by atoms with van der Waals surface area (Å²) in [5.41, 5.74) is 0.765. The first kappa shape index (κ1) is 10.7. The van der Waals surface area contributed by atoms with Crippen LogP contribution in [0.15, 0.2) is 24.3 Å². The molecular formula is C13H15ClO. The van der Waals surface area contributed by atoms with Crippen molar-refractivity contribution in [1.82, 2.24) is 0 Å². The molecule has 0 radical (unpaired) electrons. The number of halogens is 1. The van der Waals surface area contributed by atoms with Crippen molar-refractivity contribution in [2.75, 3.05) is 0 Å². The molecule has 2 atom stereocenters. The Morgan fingerprint density at radius 3 is 2.80 bits per heavy atom. The number of Topliss-reactive ketones (excluding diaryl/α,β-unsaturated/α-hetero) is 1. The Morgan fingerprint density at radius 1 is 1.40 bits per heavy atom. The molecule has 0 amide bonds. The standard InChI is InChI=1S/C13H15ClO/c1-9-5-6-11(7-9)13(15)10-3-2-4-12(14)8-10/h2-4,8-9,11H,5-7H2,1H3. The Bertz CT molecular complexity index is 373. The van der Waals surface area contributed by atoms with Crippen molar-refractivity contribution < 1.29 is 4.79 Å². The molecule has 0 N–H and O–H groups in total. The molecule has 1 aromatic carbocycles. The summed E-state index contributed by atoms with van der Waals surface area (Å²) in [7, 11) is 0. The Hall–Kier alpha value is -0.820. The van der Waals surface area contributed by atoms with Crippen LogP contribution in [0.2, 0.25) is 5.02 Å². The van der Waals surface area contributed by atoms with Crippen molar-refractivity contribution in [3.05, 3.63) is 34.9 Å². The van der Waals surface area contributed by atoms with E-state index < -0.39 is 0 Å². The van der Waals surface area contributed by atoms with E-state index in [4.69, 9.17) is 11.6 Å². The summed E-state index contributed by atoms with van der Waals surface area (Å²) in [6.45, 7) is 2.21. The highest BCUT2D eigenvalue weighted by Gasteiger charge is 2.27. The number of hydrogen-bond acceptors (Lipinski definition) is 1. The molecule has 1 nitrogen and oxygen atoms in total. The minimum Gasteiger partial charge on any atom is -0.294 e. The van der Waals surface area contributed by atoms with E-state index in [1.165, 1.54) is 6.42 Å². The van der Waals surface area contributed by atoms with Gasteiger partial charge < -0.3 is 0 Å². The van der Waals surface area contributed by atoms with Gasteiger partial charge in [-0.15, -0.1) is 0 Å². The van der Waals surface area contributed by atoms with Gasteiger partial charge in [-0.2, -0.15) is 0 Å². The van der Waals surface area contributed by atoms with Crippen molar-refractivity contribution in [3.8, 4) is 0 Å². The highest BCUT2D eigenvalue weighted by molar-refractivity contribution is 6.31. The molecule has 0 bridgehead atoms. The van der Waals surface area contributed by atoms with E-state index in [0.717, 1.165) is 18.4 Å². The second-order valence-electron chi connectivity index (χ2n) is 4.49. The maximum Gasteiger partial charge on any atom is 0.166 e. The van der Waals surface area contributed by atoms with Crippen molar-refractivity contribution in [1.29, 1.82) is 0 Å². The summed E-state index contributed by atoms with van der Waals surface area (Å²) >= 11 is 5.87. The lowest BCUT2D eigenvalue weighted by Gasteiger charge is -2.08. The van der Waals surface area contributed by atoms with Crippen LogP contribution in [-0.2, 0) is 0 Å². The number of ketones is 1. The fraction of sp³-hybridized carbons (Fsp3) is 0.462. The highest BCUT2D eigenvalue weighted by atomic mass is 35.5. The van der Waals surface area contributed by atoms with Crippen LogP contribution in [0.4, 0.5) is 0 Å². The summed E-state index contributed by atoms with van der Waals surface area (Å²) in [5, 5.41) is 0.645. The van der Waals surface area contributed by atoms with Gasteiger partial charge in [0.05, 0.1) is 0 Å². The van der Waals surface area contributed by atoms with E-state index in [1.54, 1.807) is 12.1 Å². The molecule has 80 valence electrons. The quantitative estimate of drug-likeness (QED) is 0.693. The lowest BCUT2D eigenvalue weighted by Crippen LogP contribution is -2.11. The van der Waals surface area contributed by atoms with E-state index in [-0.39, 0.29) is 11.7 Å². The van der Waals surface area contributed by atoms with Gasteiger partial charge in [0.1, 0.15) is 0 Å². The van der Waals surface area contributed by atoms with Gasteiger partial charge in [-0.3, -0.25) is 4.79 Å². The predicted molar refractivity (Wildman–Crippen MR) is 62.3 cm³/mol. The van der Waals surface area contributed by atoms with Gasteiger partial charge in [0.25, 0.3) is 0 Å². The lowest BCUT2D eigenvalue weighted by molar-refractivity contribution is 0.0920. The molecule has 1 aliphatic rings. The van der Waals surface area contributed by atoms with Crippen molar-refractivity contribution >= 4 is 17.4 Å². The molecule has 0 aromatic heterocycles. The number of rotatable bonds is 2. The molecule has 1 aromatic rings. The summed E-state index contributed by atoms with van der Waals surface area (Å²) in [6.07, 6.45) is 3.24. The SMILES string of the molecule is CC1CCC(C(=O)c2cccc(Cl)c2)C1. The molecule has 0 heterocycles. The van der Waals surface area contributed by atoms with E-state index in [1.807, 2.05) is 12.1 Å². The van der Waals surface area contributed by atoms with Crippen LogP contribution in [-0.4, -0.2) is 5.78 Å². The zero-order valence-electron chi connectivity index (χ0n) is 8.87. The average Bonchev–Trinajstić information content (AvgIpc) is 2.64. The van der Waals surface area contributed by atoms with Gasteiger partial charge in [-0.1, -0.05) is 30.7 Å². The van der Waals surface area contributed by atoms with Crippen LogP contribution in [0.25, 0.3) is 0 Å². The van der Waals surface area contributed by atoms with E-state index in [2.05, 4.69) is 6.92 Å². The lowest BCUT2D eigenvalue weighted by atomic mass is 9.95. The molecule has 2 unspecified atom stereocenters. The van der Waals surface area contributed by atoms with Crippen LogP contribution in [0.3, 0.4) is 0 Å². The molecule has 0 saturated heterocycles. The van der Waals surface area contributed by atoms with Gasteiger partial charge in [-0.25, -0.2) is 0 Å². The first-order valence-electron chi connectivity index (χ1n) is 5.46. The molecule has 0 aliphatic heterocycles. The Balaban J connectivity index is 2.14.